The zero-order chi connectivity index (χ0) is 14.6. The molecule has 1 aromatic rings. The standard InChI is InChI=1S/C12H15BrClN3O2/c1-12(2,11(15)17-19)6-16-10(18)8-5-7(13)3-4-9(8)14/h3-5,19H,6H2,1-2H3,(H2,15,17)(H,16,18). The zero-order valence-corrected chi connectivity index (χ0v) is 12.9. The van der Waals surface area contributed by atoms with E-state index in [1.54, 1.807) is 32.0 Å². The highest BCUT2D eigenvalue weighted by Crippen LogP contribution is 2.21. The van der Waals surface area contributed by atoms with Crippen molar-refractivity contribution in [2.24, 2.45) is 16.3 Å². The Hall–Kier alpha value is -1.27. The molecule has 1 aromatic carbocycles. The number of amidine groups is 1. The average molecular weight is 349 g/mol. The molecule has 19 heavy (non-hydrogen) atoms. The number of carbonyl (C=O) groups excluding carboxylic acids is 1. The van der Waals surface area contributed by atoms with Crippen LogP contribution in [0.2, 0.25) is 5.02 Å². The summed E-state index contributed by atoms with van der Waals surface area (Å²) in [6.45, 7) is 3.74. The summed E-state index contributed by atoms with van der Waals surface area (Å²) in [5.41, 5.74) is 5.26. The molecule has 0 aromatic heterocycles. The maximum atomic E-state index is 12.0. The average Bonchev–Trinajstić information content (AvgIpc) is 2.37. The minimum atomic E-state index is -0.650. The lowest BCUT2D eigenvalue weighted by Crippen LogP contribution is -2.42. The highest BCUT2D eigenvalue weighted by molar-refractivity contribution is 9.10. The van der Waals surface area contributed by atoms with Crippen LogP contribution in [0.4, 0.5) is 0 Å². The van der Waals surface area contributed by atoms with E-state index in [4.69, 9.17) is 22.5 Å². The van der Waals surface area contributed by atoms with Gasteiger partial charge in [-0.2, -0.15) is 0 Å². The first-order valence-electron chi connectivity index (χ1n) is 5.49. The molecule has 4 N–H and O–H groups in total. The number of nitrogens with zero attached hydrogens (tertiary/aromatic N) is 1. The first-order valence-corrected chi connectivity index (χ1v) is 6.66. The predicted molar refractivity (Wildman–Crippen MR) is 78.7 cm³/mol. The zero-order valence-electron chi connectivity index (χ0n) is 10.6. The van der Waals surface area contributed by atoms with Gasteiger partial charge in [0.1, 0.15) is 5.84 Å². The molecule has 5 nitrogen and oxygen atoms in total. The molecule has 0 aliphatic carbocycles. The van der Waals surface area contributed by atoms with Gasteiger partial charge in [0.2, 0.25) is 0 Å². The number of carbonyl (C=O) groups is 1. The van der Waals surface area contributed by atoms with Gasteiger partial charge in [0.05, 0.1) is 10.6 Å². The van der Waals surface area contributed by atoms with Crippen molar-refractivity contribution in [3.05, 3.63) is 33.3 Å². The minimum absolute atomic E-state index is 0.0492. The molecular weight excluding hydrogens is 334 g/mol. The summed E-state index contributed by atoms with van der Waals surface area (Å²) in [4.78, 5) is 12.0. The fourth-order valence-corrected chi connectivity index (χ4v) is 1.86. The lowest BCUT2D eigenvalue weighted by molar-refractivity contribution is 0.0944. The van der Waals surface area contributed by atoms with Crippen LogP contribution in [0.1, 0.15) is 24.2 Å². The lowest BCUT2D eigenvalue weighted by Gasteiger charge is -2.23. The third-order valence-electron chi connectivity index (χ3n) is 2.67. The number of benzene rings is 1. The van der Waals surface area contributed by atoms with Gasteiger partial charge < -0.3 is 16.3 Å². The quantitative estimate of drug-likeness (QED) is 0.338. The van der Waals surface area contributed by atoms with E-state index in [1.807, 2.05) is 0 Å². The first-order chi connectivity index (χ1) is 8.77. The van der Waals surface area contributed by atoms with E-state index in [9.17, 15) is 4.79 Å². The fraction of sp³-hybridized carbons (Fsp3) is 0.333. The predicted octanol–water partition coefficient (Wildman–Crippen LogP) is 2.60. The van der Waals surface area contributed by atoms with Gasteiger partial charge >= 0.3 is 0 Å². The molecule has 0 bridgehead atoms. The highest BCUT2D eigenvalue weighted by atomic mass is 79.9. The summed E-state index contributed by atoms with van der Waals surface area (Å²) < 4.78 is 0.762. The molecule has 0 spiro atoms. The summed E-state index contributed by atoms with van der Waals surface area (Å²) in [5.74, 6) is -0.266. The third kappa shape index (κ3) is 4.11. The van der Waals surface area contributed by atoms with Crippen molar-refractivity contribution in [2.45, 2.75) is 13.8 Å². The second kappa shape index (κ2) is 6.25. The van der Waals surface area contributed by atoms with E-state index in [1.165, 1.54) is 0 Å². The van der Waals surface area contributed by atoms with Gasteiger partial charge in [-0.25, -0.2) is 0 Å². The molecule has 1 rings (SSSR count). The molecule has 0 saturated heterocycles. The van der Waals surface area contributed by atoms with Gasteiger partial charge in [0.25, 0.3) is 5.91 Å². The van der Waals surface area contributed by atoms with Gasteiger partial charge in [-0.1, -0.05) is 46.5 Å². The first kappa shape index (κ1) is 15.8. The summed E-state index contributed by atoms with van der Waals surface area (Å²) in [6, 6.07) is 5.02. The van der Waals surface area contributed by atoms with Crippen molar-refractivity contribution in [1.82, 2.24) is 5.32 Å². The molecule has 0 heterocycles. The van der Waals surface area contributed by atoms with Gasteiger partial charge in [0.15, 0.2) is 0 Å². The molecular formula is C12H15BrClN3O2. The van der Waals surface area contributed by atoms with Crippen LogP contribution in [0.3, 0.4) is 0 Å². The van der Waals surface area contributed by atoms with Crippen LogP contribution >= 0.6 is 27.5 Å². The normalized spacial score (nSPS) is 12.3. The molecule has 0 radical (unpaired) electrons. The van der Waals surface area contributed by atoms with Crippen LogP contribution in [0, 0.1) is 5.41 Å². The molecule has 0 aliphatic rings. The molecule has 0 fully saturated rings. The smallest absolute Gasteiger partial charge is 0.252 e. The van der Waals surface area contributed by atoms with Gasteiger partial charge in [-0.15, -0.1) is 0 Å². The van der Waals surface area contributed by atoms with Crippen LogP contribution in [0.15, 0.2) is 27.8 Å². The van der Waals surface area contributed by atoms with Crippen LogP contribution in [0.5, 0.6) is 0 Å². The minimum Gasteiger partial charge on any atom is -0.409 e. The third-order valence-corrected chi connectivity index (χ3v) is 3.49. The maximum Gasteiger partial charge on any atom is 0.252 e. The van der Waals surface area contributed by atoms with Crippen LogP contribution in [0.25, 0.3) is 0 Å². The van der Waals surface area contributed by atoms with E-state index in [2.05, 4.69) is 26.4 Å². The second-order valence-electron chi connectivity index (χ2n) is 4.68. The molecule has 7 heteroatoms. The fourth-order valence-electron chi connectivity index (χ4n) is 1.29. The molecule has 104 valence electrons. The molecule has 0 saturated carbocycles. The summed E-state index contributed by atoms with van der Waals surface area (Å²) in [5, 5.41) is 14.7. The molecule has 1 amide bonds. The van der Waals surface area contributed by atoms with Gasteiger partial charge in [0, 0.05) is 16.4 Å². The van der Waals surface area contributed by atoms with Crippen molar-refractivity contribution in [3.63, 3.8) is 0 Å². The molecule has 0 unspecified atom stereocenters. The highest BCUT2D eigenvalue weighted by Gasteiger charge is 2.25. The van der Waals surface area contributed by atoms with Gasteiger partial charge in [-0.05, 0) is 18.2 Å². The van der Waals surface area contributed by atoms with Crippen molar-refractivity contribution >= 4 is 39.3 Å². The summed E-state index contributed by atoms with van der Waals surface area (Å²) in [7, 11) is 0. The lowest BCUT2D eigenvalue weighted by atomic mass is 9.92. The van der Waals surface area contributed by atoms with E-state index < -0.39 is 5.41 Å². The summed E-state index contributed by atoms with van der Waals surface area (Å²) in [6.07, 6.45) is 0. The van der Waals surface area contributed by atoms with Crippen molar-refractivity contribution in [1.29, 1.82) is 0 Å². The van der Waals surface area contributed by atoms with Gasteiger partial charge in [-0.3, -0.25) is 4.79 Å². The topological polar surface area (TPSA) is 87.7 Å². The Morgan fingerprint density at radius 2 is 2.21 bits per heavy atom. The number of halogens is 2. The SMILES string of the molecule is CC(C)(CNC(=O)c1cc(Br)ccc1Cl)/C(N)=N/O. The Bertz CT molecular complexity index is 518. The number of nitrogens with one attached hydrogen (secondary N) is 1. The van der Waals surface area contributed by atoms with Crippen LogP contribution in [-0.2, 0) is 0 Å². The van der Waals surface area contributed by atoms with Crippen molar-refractivity contribution in [3.8, 4) is 0 Å². The van der Waals surface area contributed by atoms with E-state index in [0.29, 0.717) is 10.6 Å². The molecule has 0 atom stereocenters. The van der Waals surface area contributed by atoms with E-state index in [0.717, 1.165) is 4.47 Å². The van der Waals surface area contributed by atoms with Crippen LogP contribution < -0.4 is 11.1 Å². The van der Waals surface area contributed by atoms with Crippen molar-refractivity contribution in [2.75, 3.05) is 6.54 Å². The number of amides is 1. The Balaban J connectivity index is 2.79. The summed E-state index contributed by atoms with van der Waals surface area (Å²) >= 11 is 9.24. The Kier molecular flexibility index (Phi) is 5.20. The largest absolute Gasteiger partial charge is 0.409 e. The number of nitrogens with two attached hydrogens (primary N) is 1. The number of hydrogen-bond acceptors (Lipinski definition) is 3. The number of oxime groups is 1. The Morgan fingerprint density at radius 1 is 1.58 bits per heavy atom. The van der Waals surface area contributed by atoms with Crippen molar-refractivity contribution < 1.29 is 10.0 Å². The van der Waals surface area contributed by atoms with Crippen LogP contribution in [-0.4, -0.2) is 23.5 Å². The number of rotatable bonds is 4. The number of hydrogen-bond donors (Lipinski definition) is 3. The second-order valence-corrected chi connectivity index (χ2v) is 6.00. The maximum absolute atomic E-state index is 12.0. The monoisotopic (exact) mass is 347 g/mol. The van der Waals surface area contributed by atoms with E-state index >= 15 is 0 Å². The Morgan fingerprint density at radius 3 is 2.79 bits per heavy atom. The molecule has 0 aliphatic heterocycles. The van der Waals surface area contributed by atoms with E-state index in [-0.39, 0.29) is 18.3 Å². The Labute approximate surface area is 124 Å².